The van der Waals surface area contributed by atoms with Gasteiger partial charge < -0.3 is 18.9 Å². The Morgan fingerprint density at radius 3 is 2.59 bits per heavy atom. The minimum atomic E-state index is -2.94. The van der Waals surface area contributed by atoms with Gasteiger partial charge in [0.2, 0.25) is 0 Å². The van der Waals surface area contributed by atoms with E-state index in [0.717, 1.165) is 22.6 Å². The molecule has 0 bridgehead atoms. The average Bonchev–Trinajstić information content (AvgIpc) is 3.04. The molecule has 6 nitrogen and oxygen atoms in total. The fourth-order valence-corrected chi connectivity index (χ4v) is 3.58. The van der Waals surface area contributed by atoms with Crippen LogP contribution >= 0.6 is 0 Å². The van der Waals surface area contributed by atoms with Crippen molar-refractivity contribution >= 4 is 5.91 Å². The number of amides is 1. The molecule has 0 N–H and O–H groups in total. The van der Waals surface area contributed by atoms with E-state index in [1.807, 2.05) is 38.1 Å². The molecule has 0 unspecified atom stereocenters. The molecule has 0 radical (unpaired) electrons. The summed E-state index contributed by atoms with van der Waals surface area (Å²) >= 11 is 0. The number of aromatic nitrogens is 2. The highest BCUT2D eigenvalue weighted by Gasteiger charge is 2.20. The Bertz CT molecular complexity index is 1070. The topological polar surface area (TPSA) is 56.6 Å². The number of pyridine rings is 1. The third-order valence-electron chi connectivity index (χ3n) is 5.14. The van der Waals surface area contributed by atoms with Crippen LogP contribution in [-0.2, 0) is 13.1 Å². The Balaban J connectivity index is 1.77. The molecule has 0 spiro atoms. The number of rotatable bonds is 9. The minimum absolute atomic E-state index is 0.0300. The highest BCUT2D eigenvalue weighted by Crippen LogP contribution is 2.30. The van der Waals surface area contributed by atoms with Crippen molar-refractivity contribution in [3.05, 3.63) is 76.9 Å². The highest BCUT2D eigenvalue weighted by atomic mass is 19.3. The quantitative estimate of drug-likeness (QED) is 0.476. The zero-order chi connectivity index (χ0) is 23.3. The van der Waals surface area contributed by atoms with Gasteiger partial charge in [-0.2, -0.15) is 8.78 Å². The van der Waals surface area contributed by atoms with Crippen LogP contribution in [-0.4, -0.2) is 40.6 Å². The summed E-state index contributed by atoms with van der Waals surface area (Å²) < 4.78 is 37.2. The smallest absolute Gasteiger partial charge is 0.387 e. The minimum Gasteiger partial charge on any atom is -0.490 e. The van der Waals surface area contributed by atoms with Crippen molar-refractivity contribution in [3.63, 3.8) is 0 Å². The molecular formula is C24H27F2N3O3. The normalized spacial score (nSPS) is 11.0. The summed E-state index contributed by atoms with van der Waals surface area (Å²) in [7, 11) is 1.71. The van der Waals surface area contributed by atoms with E-state index in [2.05, 4.69) is 14.3 Å². The summed E-state index contributed by atoms with van der Waals surface area (Å²) in [6, 6.07) is 12.3. The summed E-state index contributed by atoms with van der Waals surface area (Å²) in [5, 5.41) is 0. The predicted molar refractivity (Wildman–Crippen MR) is 117 cm³/mol. The summed E-state index contributed by atoms with van der Waals surface area (Å²) in [4.78, 5) is 19.1. The van der Waals surface area contributed by atoms with Crippen LogP contribution in [0.3, 0.4) is 0 Å². The molecule has 3 rings (SSSR count). The van der Waals surface area contributed by atoms with Gasteiger partial charge in [0.1, 0.15) is 0 Å². The Hall–Kier alpha value is -3.42. The molecule has 3 aromatic rings. The van der Waals surface area contributed by atoms with E-state index in [-0.39, 0.29) is 24.0 Å². The van der Waals surface area contributed by atoms with Crippen LogP contribution in [0.15, 0.2) is 48.7 Å². The molecule has 0 aliphatic heterocycles. The lowest BCUT2D eigenvalue weighted by Crippen LogP contribution is -2.26. The standard InChI is InChI=1S/C24H27F2N3O3/c1-5-31-22-13-18(9-10-21(22)32-24(25)26)14-28(4)23(30)20-12-16(2)29(17(20)3)15-19-8-6-7-11-27-19/h6-13,24H,5,14-15H2,1-4H3. The van der Waals surface area contributed by atoms with Crippen LogP contribution in [0.25, 0.3) is 0 Å². The van der Waals surface area contributed by atoms with Crippen LogP contribution in [0.4, 0.5) is 8.78 Å². The van der Waals surface area contributed by atoms with Crippen molar-refractivity contribution in [3.8, 4) is 11.5 Å². The molecule has 170 valence electrons. The van der Waals surface area contributed by atoms with Crippen LogP contribution in [0.2, 0.25) is 0 Å². The first kappa shape index (κ1) is 23.2. The van der Waals surface area contributed by atoms with Gasteiger partial charge in [0.15, 0.2) is 11.5 Å². The van der Waals surface area contributed by atoms with Gasteiger partial charge in [0, 0.05) is 31.2 Å². The second-order valence-corrected chi connectivity index (χ2v) is 7.45. The van der Waals surface area contributed by atoms with Crippen molar-refractivity contribution in [2.75, 3.05) is 13.7 Å². The zero-order valence-corrected chi connectivity index (χ0v) is 18.6. The number of carbonyl (C=O) groups is 1. The number of benzene rings is 1. The van der Waals surface area contributed by atoms with Crippen molar-refractivity contribution in [1.82, 2.24) is 14.5 Å². The molecule has 0 aliphatic rings. The van der Waals surface area contributed by atoms with Gasteiger partial charge in [0.25, 0.3) is 5.91 Å². The lowest BCUT2D eigenvalue weighted by atomic mass is 10.1. The summed E-state index contributed by atoms with van der Waals surface area (Å²) in [5.74, 6) is 0.0635. The summed E-state index contributed by atoms with van der Waals surface area (Å²) in [6.45, 7) is 3.88. The van der Waals surface area contributed by atoms with Crippen LogP contribution in [0, 0.1) is 13.8 Å². The number of ether oxygens (including phenoxy) is 2. The number of alkyl halides is 2. The second kappa shape index (κ2) is 10.3. The molecule has 0 saturated heterocycles. The molecule has 0 saturated carbocycles. The van der Waals surface area contributed by atoms with E-state index in [1.54, 1.807) is 37.2 Å². The number of hydrogen-bond acceptors (Lipinski definition) is 4. The van der Waals surface area contributed by atoms with Gasteiger partial charge >= 0.3 is 6.61 Å². The second-order valence-electron chi connectivity index (χ2n) is 7.45. The SMILES string of the molecule is CCOc1cc(CN(C)C(=O)c2cc(C)n(Cc3ccccn3)c2C)ccc1OC(F)F. The van der Waals surface area contributed by atoms with E-state index < -0.39 is 6.61 Å². The van der Waals surface area contributed by atoms with E-state index >= 15 is 0 Å². The molecule has 0 aliphatic carbocycles. The molecule has 8 heteroatoms. The maximum absolute atomic E-state index is 13.2. The van der Waals surface area contributed by atoms with Crippen molar-refractivity contribution in [2.24, 2.45) is 0 Å². The highest BCUT2D eigenvalue weighted by molar-refractivity contribution is 5.95. The first-order chi connectivity index (χ1) is 15.3. The van der Waals surface area contributed by atoms with Gasteiger partial charge in [-0.15, -0.1) is 0 Å². The predicted octanol–water partition coefficient (Wildman–Crippen LogP) is 4.82. The van der Waals surface area contributed by atoms with E-state index in [0.29, 0.717) is 18.7 Å². The monoisotopic (exact) mass is 443 g/mol. The lowest BCUT2D eigenvalue weighted by molar-refractivity contribution is -0.0514. The third kappa shape index (κ3) is 5.43. The van der Waals surface area contributed by atoms with Crippen LogP contribution in [0.1, 0.15) is 39.9 Å². The number of nitrogens with zero attached hydrogens (tertiary/aromatic N) is 3. The molecular weight excluding hydrogens is 416 g/mol. The molecule has 0 fully saturated rings. The largest absolute Gasteiger partial charge is 0.490 e. The number of hydrogen-bond donors (Lipinski definition) is 0. The lowest BCUT2D eigenvalue weighted by Gasteiger charge is -2.19. The van der Waals surface area contributed by atoms with Crippen LogP contribution < -0.4 is 9.47 Å². The zero-order valence-electron chi connectivity index (χ0n) is 18.6. The molecule has 0 atom stereocenters. The number of aryl methyl sites for hydroxylation is 1. The molecule has 1 amide bonds. The van der Waals surface area contributed by atoms with Gasteiger partial charge in [-0.3, -0.25) is 9.78 Å². The third-order valence-corrected chi connectivity index (χ3v) is 5.14. The van der Waals surface area contributed by atoms with Crippen molar-refractivity contribution in [1.29, 1.82) is 0 Å². The van der Waals surface area contributed by atoms with E-state index in [9.17, 15) is 13.6 Å². The summed E-state index contributed by atoms with van der Waals surface area (Å²) in [5.41, 5.74) is 4.10. The van der Waals surface area contributed by atoms with E-state index in [4.69, 9.17) is 4.74 Å². The van der Waals surface area contributed by atoms with Gasteiger partial charge in [0.05, 0.1) is 24.4 Å². The van der Waals surface area contributed by atoms with Gasteiger partial charge in [-0.1, -0.05) is 12.1 Å². The van der Waals surface area contributed by atoms with Crippen molar-refractivity contribution in [2.45, 2.75) is 40.5 Å². The van der Waals surface area contributed by atoms with Crippen LogP contribution in [0.5, 0.6) is 11.5 Å². The maximum atomic E-state index is 13.2. The Kier molecular flexibility index (Phi) is 7.45. The molecule has 1 aromatic carbocycles. The fraction of sp³-hybridized carbons (Fsp3) is 0.333. The van der Waals surface area contributed by atoms with Crippen molar-refractivity contribution < 1.29 is 23.0 Å². The molecule has 32 heavy (non-hydrogen) atoms. The summed E-state index contributed by atoms with van der Waals surface area (Å²) in [6.07, 6.45) is 1.75. The number of carbonyl (C=O) groups excluding carboxylic acids is 1. The van der Waals surface area contributed by atoms with E-state index in [1.165, 1.54) is 6.07 Å². The fourth-order valence-electron chi connectivity index (χ4n) is 3.58. The molecule has 2 heterocycles. The molecule has 2 aromatic heterocycles. The first-order valence-corrected chi connectivity index (χ1v) is 10.3. The Labute approximate surface area is 186 Å². The Morgan fingerprint density at radius 1 is 1.16 bits per heavy atom. The maximum Gasteiger partial charge on any atom is 0.387 e. The van der Waals surface area contributed by atoms with Gasteiger partial charge in [-0.25, -0.2) is 0 Å². The first-order valence-electron chi connectivity index (χ1n) is 10.3. The van der Waals surface area contributed by atoms with Gasteiger partial charge in [-0.05, 0) is 56.7 Å². The average molecular weight is 443 g/mol. The Morgan fingerprint density at radius 2 is 1.94 bits per heavy atom. The number of halogens is 2.